The number of aromatic nitrogens is 1. The minimum Gasteiger partial charge on any atom is -0.311 e. The van der Waals surface area contributed by atoms with Gasteiger partial charge in [0, 0.05) is 27.7 Å². The van der Waals surface area contributed by atoms with Gasteiger partial charge in [0.15, 0.2) is 0 Å². The van der Waals surface area contributed by atoms with E-state index in [1.54, 1.807) is 4.57 Å². The van der Waals surface area contributed by atoms with Gasteiger partial charge in [-0.1, -0.05) is 22.0 Å². The molecule has 0 radical (unpaired) electrons. The molecule has 14 heavy (non-hydrogen) atoms. The molecule has 0 saturated heterocycles. The fraction of sp³-hybridized carbons (Fsp3) is 0.364. The van der Waals surface area contributed by atoms with Crippen molar-refractivity contribution in [2.75, 3.05) is 0 Å². The number of halogens is 1. The maximum absolute atomic E-state index is 11.7. The summed E-state index contributed by atoms with van der Waals surface area (Å²) in [4.78, 5) is 11.7. The van der Waals surface area contributed by atoms with Gasteiger partial charge in [0.2, 0.25) is 0 Å². The van der Waals surface area contributed by atoms with Gasteiger partial charge < -0.3 is 4.57 Å². The van der Waals surface area contributed by atoms with Crippen molar-refractivity contribution < 1.29 is 0 Å². The first-order valence-corrected chi connectivity index (χ1v) is 5.46. The Morgan fingerprint density at radius 3 is 2.93 bits per heavy atom. The van der Waals surface area contributed by atoms with E-state index in [1.807, 2.05) is 20.0 Å². The molecule has 0 unspecified atom stereocenters. The minimum atomic E-state index is 0.0993. The zero-order valence-electron chi connectivity index (χ0n) is 8.30. The number of fused-ring (bicyclic) bond motifs is 1. The number of rotatable bonds is 0. The van der Waals surface area contributed by atoms with Crippen LogP contribution in [0.15, 0.2) is 10.9 Å². The van der Waals surface area contributed by atoms with Gasteiger partial charge >= 0.3 is 0 Å². The topological polar surface area (TPSA) is 22.0 Å². The van der Waals surface area contributed by atoms with Crippen LogP contribution in [0.3, 0.4) is 0 Å². The first-order chi connectivity index (χ1) is 6.61. The lowest BCUT2D eigenvalue weighted by molar-refractivity contribution is 0.797. The van der Waals surface area contributed by atoms with Gasteiger partial charge in [-0.25, -0.2) is 0 Å². The third-order valence-corrected chi connectivity index (χ3v) is 3.46. The average Bonchev–Trinajstić information content (AvgIpc) is 2.17. The first-order valence-electron chi connectivity index (χ1n) is 4.67. The van der Waals surface area contributed by atoms with Crippen LogP contribution in [0.2, 0.25) is 0 Å². The van der Waals surface area contributed by atoms with Crippen molar-refractivity contribution in [2.45, 2.75) is 19.8 Å². The van der Waals surface area contributed by atoms with Gasteiger partial charge in [0.05, 0.1) is 0 Å². The molecular weight excluding hydrogens is 242 g/mol. The predicted octanol–water partition coefficient (Wildman–Crippen LogP) is 0.771. The van der Waals surface area contributed by atoms with Crippen molar-refractivity contribution in [1.82, 2.24) is 4.57 Å². The molecule has 0 aliphatic heterocycles. The summed E-state index contributed by atoms with van der Waals surface area (Å²) in [5, 5.41) is 2.20. The molecule has 0 amide bonds. The summed E-state index contributed by atoms with van der Waals surface area (Å²) >= 11 is 3.56. The summed E-state index contributed by atoms with van der Waals surface area (Å²) in [6.45, 7) is 1.86. The van der Waals surface area contributed by atoms with Crippen LogP contribution in [0.1, 0.15) is 18.4 Å². The highest BCUT2D eigenvalue weighted by molar-refractivity contribution is 9.14. The molecule has 1 aliphatic rings. The Balaban J connectivity index is 3.06. The number of hydrogen-bond acceptors (Lipinski definition) is 1. The summed E-state index contributed by atoms with van der Waals surface area (Å²) in [5.41, 5.74) is 0.903. The molecule has 2 rings (SSSR count). The van der Waals surface area contributed by atoms with E-state index < -0.39 is 0 Å². The molecule has 0 aromatic carbocycles. The zero-order chi connectivity index (χ0) is 10.3. The maximum atomic E-state index is 11.7. The Kier molecular flexibility index (Phi) is 2.35. The molecule has 0 fully saturated rings. The fourth-order valence-corrected chi connectivity index (χ4v) is 2.39. The summed E-state index contributed by atoms with van der Waals surface area (Å²) in [6.07, 6.45) is 4.16. The van der Waals surface area contributed by atoms with Gasteiger partial charge in [-0.05, 0) is 25.8 Å². The van der Waals surface area contributed by atoms with Crippen LogP contribution in [0.4, 0.5) is 0 Å². The normalized spacial score (nSPS) is 14.9. The van der Waals surface area contributed by atoms with Gasteiger partial charge in [0.25, 0.3) is 5.56 Å². The molecular formula is C11H12BrNO. The van der Waals surface area contributed by atoms with Gasteiger partial charge in [-0.15, -0.1) is 0 Å². The van der Waals surface area contributed by atoms with E-state index in [2.05, 4.69) is 22.0 Å². The van der Waals surface area contributed by atoms with Gasteiger partial charge in [-0.2, -0.15) is 0 Å². The smallest absolute Gasteiger partial charge is 0.253 e. The standard InChI is InChI=1S/C11H12BrNO/c1-7-6-8-9(12)4-3-5-10(8)13(2)11(7)14/h5-6H,3-4H2,1-2H3. The molecule has 0 N–H and O–H groups in total. The first kappa shape index (κ1) is 9.71. The van der Waals surface area contributed by atoms with Crippen molar-refractivity contribution in [3.8, 4) is 0 Å². The van der Waals surface area contributed by atoms with Gasteiger partial charge in [0.1, 0.15) is 0 Å². The van der Waals surface area contributed by atoms with E-state index in [9.17, 15) is 4.79 Å². The van der Waals surface area contributed by atoms with Crippen LogP contribution in [0, 0.1) is 6.92 Å². The van der Waals surface area contributed by atoms with Crippen LogP contribution < -0.4 is 16.1 Å². The summed E-state index contributed by atoms with van der Waals surface area (Å²) in [7, 11) is 1.83. The van der Waals surface area contributed by atoms with Crippen molar-refractivity contribution >= 4 is 26.5 Å². The lowest BCUT2D eigenvalue weighted by Crippen LogP contribution is -2.44. The average molecular weight is 254 g/mol. The summed E-state index contributed by atoms with van der Waals surface area (Å²) in [6, 6.07) is 1.97. The molecule has 0 saturated carbocycles. The molecule has 1 heterocycles. The zero-order valence-corrected chi connectivity index (χ0v) is 9.89. The highest BCUT2D eigenvalue weighted by atomic mass is 79.9. The Labute approximate surface area is 90.7 Å². The van der Waals surface area contributed by atoms with Crippen LogP contribution >= 0.6 is 15.9 Å². The molecule has 0 bridgehead atoms. The van der Waals surface area contributed by atoms with Crippen LogP contribution in [0.25, 0.3) is 10.6 Å². The predicted molar refractivity (Wildman–Crippen MR) is 61.7 cm³/mol. The molecule has 1 aromatic rings. The largest absolute Gasteiger partial charge is 0.311 e. The third-order valence-electron chi connectivity index (χ3n) is 2.63. The number of nitrogens with zero attached hydrogens (tertiary/aromatic N) is 1. The monoisotopic (exact) mass is 253 g/mol. The SMILES string of the molecule is Cc1cc2c(n(C)c1=O)=CCCC=2Br. The molecule has 3 heteroatoms. The fourth-order valence-electron chi connectivity index (χ4n) is 1.84. The highest BCUT2D eigenvalue weighted by Crippen LogP contribution is 2.13. The third kappa shape index (κ3) is 1.36. The molecule has 0 atom stereocenters. The number of aryl methyl sites for hydroxylation is 1. The molecule has 74 valence electrons. The quantitative estimate of drug-likeness (QED) is 0.670. The summed E-state index contributed by atoms with van der Waals surface area (Å²) < 4.78 is 2.93. The second-order valence-electron chi connectivity index (χ2n) is 3.64. The van der Waals surface area contributed by atoms with Gasteiger partial charge in [-0.3, -0.25) is 4.79 Å². The lowest BCUT2D eigenvalue weighted by Gasteiger charge is -2.09. The Morgan fingerprint density at radius 2 is 2.21 bits per heavy atom. The lowest BCUT2D eigenvalue weighted by atomic mass is 10.1. The molecule has 2 nitrogen and oxygen atoms in total. The van der Waals surface area contributed by atoms with Crippen molar-refractivity contribution in [3.05, 3.63) is 32.6 Å². The van der Waals surface area contributed by atoms with E-state index in [1.165, 1.54) is 4.48 Å². The van der Waals surface area contributed by atoms with Crippen LogP contribution in [0.5, 0.6) is 0 Å². The molecule has 1 aromatic heterocycles. The Hall–Kier alpha value is -0.830. The number of pyridine rings is 1. The molecule has 0 spiro atoms. The van der Waals surface area contributed by atoms with Crippen LogP contribution in [-0.4, -0.2) is 4.57 Å². The van der Waals surface area contributed by atoms with E-state index in [0.29, 0.717) is 0 Å². The number of hydrogen-bond donors (Lipinski definition) is 0. The summed E-state index contributed by atoms with van der Waals surface area (Å²) in [5.74, 6) is 0. The van der Waals surface area contributed by atoms with Crippen molar-refractivity contribution in [3.63, 3.8) is 0 Å². The highest BCUT2D eigenvalue weighted by Gasteiger charge is 2.06. The van der Waals surface area contributed by atoms with Crippen LogP contribution in [-0.2, 0) is 7.05 Å². The second-order valence-corrected chi connectivity index (χ2v) is 4.60. The maximum Gasteiger partial charge on any atom is 0.253 e. The van der Waals surface area contributed by atoms with E-state index >= 15 is 0 Å². The Bertz CT molecular complexity index is 554. The van der Waals surface area contributed by atoms with Crippen molar-refractivity contribution in [1.29, 1.82) is 0 Å². The Morgan fingerprint density at radius 1 is 1.50 bits per heavy atom. The van der Waals surface area contributed by atoms with E-state index in [-0.39, 0.29) is 5.56 Å². The van der Waals surface area contributed by atoms with E-state index in [4.69, 9.17) is 0 Å². The minimum absolute atomic E-state index is 0.0993. The van der Waals surface area contributed by atoms with E-state index in [0.717, 1.165) is 29.0 Å². The molecule has 1 aliphatic carbocycles. The van der Waals surface area contributed by atoms with Crippen molar-refractivity contribution in [2.24, 2.45) is 7.05 Å². The second kappa shape index (κ2) is 3.39.